The van der Waals surface area contributed by atoms with Gasteiger partial charge in [0.25, 0.3) is 0 Å². The van der Waals surface area contributed by atoms with Crippen LogP contribution in [0, 0.1) is 0 Å². The number of hydrogen-bond acceptors (Lipinski definition) is 3. The molecule has 0 atom stereocenters. The maximum atomic E-state index is 6.36. The van der Waals surface area contributed by atoms with E-state index in [0.717, 1.165) is 17.7 Å². The van der Waals surface area contributed by atoms with Gasteiger partial charge in [-0.3, -0.25) is 0 Å². The monoisotopic (exact) mass is 319 g/mol. The average Bonchev–Trinajstić information content (AvgIpc) is 2.52. The molecule has 0 heterocycles. The number of rotatable bonds is 7. The van der Waals surface area contributed by atoms with Crippen LogP contribution >= 0.6 is 11.6 Å². The van der Waals surface area contributed by atoms with Crippen LogP contribution in [0.1, 0.15) is 25.0 Å². The minimum atomic E-state index is 0.416. The van der Waals surface area contributed by atoms with Crippen LogP contribution in [0.2, 0.25) is 5.02 Å². The molecule has 2 rings (SSSR count). The van der Waals surface area contributed by atoms with Gasteiger partial charge in [-0.25, -0.2) is 0 Å². The van der Waals surface area contributed by atoms with E-state index in [4.69, 9.17) is 21.1 Å². The summed E-state index contributed by atoms with van der Waals surface area (Å²) in [6.45, 7) is 5.42. The lowest BCUT2D eigenvalue weighted by atomic mass is 10.2. The van der Waals surface area contributed by atoms with E-state index in [1.807, 2.05) is 42.5 Å². The third-order valence-corrected chi connectivity index (χ3v) is 3.51. The van der Waals surface area contributed by atoms with Crippen molar-refractivity contribution < 1.29 is 9.47 Å². The summed E-state index contributed by atoms with van der Waals surface area (Å²) in [4.78, 5) is 0. The van der Waals surface area contributed by atoms with E-state index in [1.54, 1.807) is 7.11 Å². The Hall–Kier alpha value is -1.71. The fraction of sp³-hybridized carbons (Fsp3) is 0.333. The Bertz CT molecular complexity index is 600. The van der Waals surface area contributed by atoms with Crippen LogP contribution < -0.4 is 14.8 Å². The van der Waals surface area contributed by atoms with Crippen LogP contribution in [-0.2, 0) is 13.2 Å². The van der Waals surface area contributed by atoms with Crippen LogP contribution in [0.5, 0.6) is 11.5 Å². The third kappa shape index (κ3) is 4.65. The molecule has 0 unspecified atom stereocenters. The topological polar surface area (TPSA) is 30.5 Å². The van der Waals surface area contributed by atoms with E-state index in [2.05, 4.69) is 19.2 Å². The smallest absolute Gasteiger partial charge is 0.180 e. The molecule has 0 aliphatic heterocycles. The van der Waals surface area contributed by atoms with Gasteiger partial charge < -0.3 is 14.8 Å². The van der Waals surface area contributed by atoms with Crippen molar-refractivity contribution in [3.05, 3.63) is 58.6 Å². The number of ether oxygens (including phenoxy) is 2. The van der Waals surface area contributed by atoms with Gasteiger partial charge >= 0.3 is 0 Å². The predicted molar refractivity (Wildman–Crippen MR) is 90.8 cm³/mol. The molecule has 22 heavy (non-hydrogen) atoms. The SMILES string of the molecule is COc1cc(CNC(C)C)cc(Cl)c1OCc1ccccc1. The first kappa shape index (κ1) is 16.7. The van der Waals surface area contributed by atoms with Gasteiger partial charge in [-0.15, -0.1) is 0 Å². The van der Waals surface area contributed by atoms with Crippen LogP contribution in [-0.4, -0.2) is 13.2 Å². The number of methoxy groups -OCH3 is 1. The van der Waals surface area contributed by atoms with Crippen molar-refractivity contribution in [1.82, 2.24) is 5.32 Å². The second-order valence-corrected chi connectivity index (χ2v) is 5.83. The molecule has 2 aromatic rings. The Balaban J connectivity index is 2.13. The van der Waals surface area contributed by atoms with Crippen molar-refractivity contribution >= 4 is 11.6 Å². The Labute approximate surface area is 137 Å². The highest BCUT2D eigenvalue weighted by Gasteiger charge is 2.12. The lowest BCUT2D eigenvalue weighted by molar-refractivity contribution is 0.284. The second-order valence-electron chi connectivity index (χ2n) is 5.42. The minimum absolute atomic E-state index is 0.416. The Kier molecular flexibility index (Phi) is 6.10. The van der Waals surface area contributed by atoms with Gasteiger partial charge in [0.05, 0.1) is 12.1 Å². The highest BCUT2D eigenvalue weighted by Crippen LogP contribution is 2.37. The number of hydrogen-bond donors (Lipinski definition) is 1. The molecule has 0 radical (unpaired) electrons. The molecule has 0 saturated heterocycles. The highest BCUT2D eigenvalue weighted by atomic mass is 35.5. The second kappa shape index (κ2) is 8.06. The van der Waals surface area contributed by atoms with Crippen molar-refractivity contribution in [2.45, 2.75) is 33.0 Å². The zero-order valence-corrected chi connectivity index (χ0v) is 14.0. The first-order valence-electron chi connectivity index (χ1n) is 7.36. The van der Waals surface area contributed by atoms with Gasteiger partial charge in [0.2, 0.25) is 0 Å². The molecule has 2 aromatic carbocycles. The van der Waals surface area contributed by atoms with Crippen molar-refractivity contribution in [2.75, 3.05) is 7.11 Å². The Morgan fingerprint density at radius 3 is 2.45 bits per heavy atom. The summed E-state index contributed by atoms with van der Waals surface area (Å²) >= 11 is 6.36. The summed E-state index contributed by atoms with van der Waals surface area (Å²) in [5.74, 6) is 1.24. The maximum Gasteiger partial charge on any atom is 0.180 e. The first-order valence-corrected chi connectivity index (χ1v) is 7.74. The molecular weight excluding hydrogens is 298 g/mol. The first-order chi connectivity index (χ1) is 10.6. The largest absolute Gasteiger partial charge is 0.493 e. The molecule has 4 heteroatoms. The maximum absolute atomic E-state index is 6.36. The summed E-state index contributed by atoms with van der Waals surface area (Å²) in [7, 11) is 1.63. The zero-order valence-electron chi connectivity index (χ0n) is 13.2. The Morgan fingerprint density at radius 1 is 1.09 bits per heavy atom. The number of benzene rings is 2. The van der Waals surface area contributed by atoms with E-state index in [1.165, 1.54) is 0 Å². The molecule has 0 fully saturated rings. The molecule has 0 bridgehead atoms. The number of nitrogens with one attached hydrogen (secondary N) is 1. The molecule has 0 aromatic heterocycles. The quantitative estimate of drug-likeness (QED) is 0.819. The molecule has 0 amide bonds. The molecule has 0 aliphatic carbocycles. The van der Waals surface area contributed by atoms with Gasteiger partial charge in [0, 0.05) is 12.6 Å². The van der Waals surface area contributed by atoms with Crippen LogP contribution in [0.4, 0.5) is 0 Å². The lowest BCUT2D eigenvalue weighted by Gasteiger charge is -2.15. The molecule has 3 nitrogen and oxygen atoms in total. The lowest BCUT2D eigenvalue weighted by Crippen LogP contribution is -2.21. The molecule has 0 aliphatic rings. The van der Waals surface area contributed by atoms with E-state index in [0.29, 0.717) is 29.2 Å². The standard InChI is InChI=1S/C18H22ClNO2/c1-13(2)20-11-15-9-16(19)18(17(10-15)21-3)22-12-14-7-5-4-6-8-14/h4-10,13,20H,11-12H2,1-3H3. The summed E-state index contributed by atoms with van der Waals surface area (Å²) in [6.07, 6.45) is 0. The Morgan fingerprint density at radius 2 is 1.82 bits per heavy atom. The fourth-order valence-corrected chi connectivity index (χ4v) is 2.35. The molecular formula is C18H22ClNO2. The molecule has 1 N–H and O–H groups in total. The van der Waals surface area contributed by atoms with E-state index in [-0.39, 0.29) is 0 Å². The fourth-order valence-electron chi connectivity index (χ4n) is 2.07. The van der Waals surface area contributed by atoms with Crippen LogP contribution in [0.25, 0.3) is 0 Å². The molecule has 0 spiro atoms. The van der Waals surface area contributed by atoms with E-state index < -0.39 is 0 Å². The minimum Gasteiger partial charge on any atom is -0.493 e. The van der Waals surface area contributed by atoms with E-state index in [9.17, 15) is 0 Å². The van der Waals surface area contributed by atoms with E-state index >= 15 is 0 Å². The van der Waals surface area contributed by atoms with Gasteiger partial charge in [0.1, 0.15) is 6.61 Å². The summed E-state index contributed by atoms with van der Waals surface area (Å²) in [5, 5.41) is 3.93. The van der Waals surface area contributed by atoms with Crippen molar-refractivity contribution in [3.63, 3.8) is 0 Å². The summed E-state index contributed by atoms with van der Waals surface area (Å²) < 4.78 is 11.3. The number of halogens is 1. The molecule has 0 saturated carbocycles. The summed E-state index contributed by atoms with van der Waals surface area (Å²) in [5.41, 5.74) is 2.16. The van der Waals surface area contributed by atoms with Crippen LogP contribution in [0.15, 0.2) is 42.5 Å². The molecule has 118 valence electrons. The predicted octanol–water partition coefficient (Wildman–Crippen LogP) is 4.43. The zero-order chi connectivity index (χ0) is 15.9. The average molecular weight is 320 g/mol. The summed E-state index contributed by atoms with van der Waals surface area (Å²) in [6, 6.07) is 14.3. The van der Waals surface area contributed by atoms with Gasteiger partial charge in [-0.1, -0.05) is 55.8 Å². The van der Waals surface area contributed by atoms with Crippen molar-refractivity contribution in [3.8, 4) is 11.5 Å². The van der Waals surface area contributed by atoms with Gasteiger partial charge in [-0.05, 0) is 23.3 Å². The van der Waals surface area contributed by atoms with Gasteiger partial charge in [0.15, 0.2) is 11.5 Å². The highest BCUT2D eigenvalue weighted by molar-refractivity contribution is 6.32. The van der Waals surface area contributed by atoms with Crippen LogP contribution in [0.3, 0.4) is 0 Å². The third-order valence-electron chi connectivity index (χ3n) is 3.23. The van der Waals surface area contributed by atoms with Gasteiger partial charge in [-0.2, -0.15) is 0 Å². The van der Waals surface area contributed by atoms with Crippen molar-refractivity contribution in [1.29, 1.82) is 0 Å². The van der Waals surface area contributed by atoms with Crippen molar-refractivity contribution in [2.24, 2.45) is 0 Å². The normalized spacial score (nSPS) is 10.8.